The van der Waals surface area contributed by atoms with Gasteiger partial charge in [0, 0.05) is 37.8 Å². The zero-order valence-electron chi connectivity index (χ0n) is 14.9. The van der Waals surface area contributed by atoms with Gasteiger partial charge in [-0.05, 0) is 43.5 Å². The van der Waals surface area contributed by atoms with Gasteiger partial charge in [0.15, 0.2) is 0 Å². The molecule has 0 saturated carbocycles. The van der Waals surface area contributed by atoms with Crippen molar-refractivity contribution in [2.24, 2.45) is 7.05 Å². The van der Waals surface area contributed by atoms with Gasteiger partial charge in [-0.25, -0.2) is 13.8 Å². The van der Waals surface area contributed by atoms with Gasteiger partial charge < -0.3 is 4.90 Å². The first kappa shape index (κ1) is 18.3. The number of benzene rings is 1. The third-order valence-electron chi connectivity index (χ3n) is 5.09. The molecule has 0 amide bonds. The summed E-state index contributed by atoms with van der Waals surface area (Å²) in [6, 6.07) is 1.87. The van der Waals surface area contributed by atoms with Crippen molar-refractivity contribution in [1.82, 2.24) is 9.55 Å². The summed E-state index contributed by atoms with van der Waals surface area (Å²) in [5.41, 5.74) is 3.63. The highest BCUT2D eigenvalue weighted by Gasteiger charge is 2.35. The molecule has 1 saturated heterocycles. The van der Waals surface area contributed by atoms with Crippen molar-refractivity contribution in [2.45, 2.75) is 44.4 Å². The zero-order valence-corrected chi connectivity index (χ0v) is 16.5. The molecule has 2 aromatic rings. The van der Waals surface area contributed by atoms with Gasteiger partial charge in [-0.2, -0.15) is 0 Å². The van der Waals surface area contributed by atoms with Crippen molar-refractivity contribution < 1.29 is 8.78 Å². The van der Waals surface area contributed by atoms with E-state index in [0.717, 1.165) is 16.7 Å². The van der Waals surface area contributed by atoms with Crippen LogP contribution in [-0.2, 0) is 7.05 Å². The predicted octanol–water partition coefficient (Wildman–Crippen LogP) is 4.24. The largest absolute Gasteiger partial charge is 0.342 e. The topological polar surface area (TPSA) is 38.1 Å². The molecule has 3 rings (SSSR count). The Morgan fingerprint density at radius 2 is 1.88 bits per heavy atom. The Kier molecular flexibility index (Phi) is 4.64. The van der Waals surface area contributed by atoms with Crippen LogP contribution in [0, 0.1) is 13.8 Å². The lowest BCUT2D eigenvalue weighted by molar-refractivity contribution is -0.0223. The lowest BCUT2D eigenvalue weighted by Gasteiger charge is -2.33. The van der Waals surface area contributed by atoms with E-state index in [1.54, 1.807) is 11.9 Å². The molecule has 1 atom stereocenters. The SMILES string of the molecule is Cc1cc2c(=O)n(C)c(N3CCC(F)(F)CC3)nc2c(C(C)Br)c1C. The summed E-state index contributed by atoms with van der Waals surface area (Å²) >= 11 is 3.61. The Morgan fingerprint density at radius 1 is 1.28 bits per heavy atom. The average molecular weight is 414 g/mol. The molecule has 1 aromatic carbocycles. The maximum atomic E-state index is 13.5. The number of aryl methyl sites for hydroxylation is 1. The Labute approximate surface area is 154 Å². The van der Waals surface area contributed by atoms with Crippen molar-refractivity contribution >= 4 is 32.8 Å². The van der Waals surface area contributed by atoms with Crippen LogP contribution in [0.25, 0.3) is 10.9 Å². The second kappa shape index (κ2) is 6.34. The molecule has 7 heteroatoms. The summed E-state index contributed by atoms with van der Waals surface area (Å²) in [5.74, 6) is -2.17. The van der Waals surface area contributed by atoms with E-state index < -0.39 is 5.92 Å². The number of halogens is 3. The van der Waals surface area contributed by atoms with E-state index >= 15 is 0 Å². The molecular formula is C18H22BrF2N3O. The monoisotopic (exact) mass is 413 g/mol. The fourth-order valence-electron chi connectivity index (χ4n) is 3.46. The first-order valence-corrected chi connectivity index (χ1v) is 9.31. The van der Waals surface area contributed by atoms with Crippen LogP contribution in [0.1, 0.15) is 41.3 Å². The van der Waals surface area contributed by atoms with E-state index in [1.807, 2.05) is 26.8 Å². The van der Waals surface area contributed by atoms with Crippen LogP contribution in [0.4, 0.5) is 14.7 Å². The van der Waals surface area contributed by atoms with Gasteiger partial charge in [0.25, 0.3) is 11.5 Å². The van der Waals surface area contributed by atoms with Crippen LogP contribution in [0.2, 0.25) is 0 Å². The maximum Gasteiger partial charge on any atom is 0.262 e. The Hall–Kier alpha value is -1.50. The number of fused-ring (bicyclic) bond motifs is 1. The summed E-state index contributed by atoms with van der Waals surface area (Å²) in [6.45, 7) is 6.39. The van der Waals surface area contributed by atoms with E-state index in [2.05, 4.69) is 15.9 Å². The van der Waals surface area contributed by atoms with E-state index in [9.17, 15) is 13.6 Å². The number of hydrogen-bond donors (Lipinski definition) is 0. The summed E-state index contributed by atoms with van der Waals surface area (Å²) in [7, 11) is 1.66. The molecule has 1 aromatic heterocycles. The summed E-state index contributed by atoms with van der Waals surface area (Å²) < 4.78 is 28.4. The molecule has 25 heavy (non-hydrogen) atoms. The Balaban J connectivity index is 2.22. The van der Waals surface area contributed by atoms with Crippen LogP contribution in [0.15, 0.2) is 10.9 Å². The van der Waals surface area contributed by atoms with Crippen LogP contribution in [0.3, 0.4) is 0 Å². The van der Waals surface area contributed by atoms with Crippen LogP contribution < -0.4 is 10.5 Å². The average Bonchev–Trinajstić information content (AvgIpc) is 2.53. The van der Waals surface area contributed by atoms with Gasteiger partial charge in [0.05, 0.1) is 10.9 Å². The molecule has 4 nitrogen and oxygen atoms in total. The second-order valence-electron chi connectivity index (χ2n) is 6.86. The molecule has 0 spiro atoms. The van der Waals surface area contributed by atoms with E-state index in [-0.39, 0.29) is 36.3 Å². The molecule has 1 unspecified atom stereocenters. The smallest absolute Gasteiger partial charge is 0.262 e. The quantitative estimate of drug-likeness (QED) is 0.690. The molecule has 2 heterocycles. The molecule has 0 bridgehead atoms. The van der Waals surface area contributed by atoms with Crippen molar-refractivity contribution in [3.8, 4) is 0 Å². The van der Waals surface area contributed by atoms with Gasteiger partial charge in [-0.15, -0.1) is 0 Å². The third kappa shape index (κ3) is 3.18. The lowest BCUT2D eigenvalue weighted by atomic mass is 9.97. The Bertz CT molecular complexity index is 882. The molecule has 0 N–H and O–H groups in total. The van der Waals surface area contributed by atoms with Gasteiger partial charge >= 0.3 is 0 Å². The molecule has 1 aliphatic rings. The van der Waals surface area contributed by atoms with E-state index in [4.69, 9.17) is 4.98 Å². The maximum absolute atomic E-state index is 13.5. The van der Waals surface area contributed by atoms with Gasteiger partial charge in [-0.1, -0.05) is 15.9 Å². The number of piperidine rings is 1. The minimum atomic E-state index is -2.63. The Morgan fingerprint density at radius 3 is 2.44 bits per heavy atom. The van der Waals surface area contributed by atoms with Crippen molar-refractivity contribution in [2.75, 3.05) is 18.0 Å². The van der Waals surface area contributed by atoms with Gasteiger partial charge in [-0.3, -0.25) is 9.36 Å². The number of hydrogen-bond acceptors (Lipinski definition) is 3. The number of nitrogens with zero attached hydrogens (tertiary/aromatic N) is 3. The number of rotatable bonds is 2. The standard InChI is InChI=1S/C18H22BrF2N3O/c1-10-9-13-15(14(11(10)2)12(3)19)22-17(23(4)16(13)25)24-7-5-18(20,21)6-8-24/h9,12H,5-8H2,1-4H3. The summed E-state index contributed by atoms with van der Waals surface area (Å²) in [6.07, 6.45) is -0.426. The van der Waals surface area contributed by atoms with Crippen LogP contribution in [-0.4, -0.2) is 28.6 Å². The number of aromatic nitrogens is 2. The third-order valence-corrected chi connectivity index (χ3v) is 5.55. The lowest BCUT2D eigenvalue weighted by Crippen LogP contribution is -2.42. The highest BCUT2D eigenvalue weighted by molar-refractivity contribution is 9.09. The zero-order chi connectivity index (χ0) is 18.5. The number of anilines is 1. The first-order chi connectivity index (χ1) is 11.6. The highest BCUT2D eigenvalue weighted by Crippen LogP contribution is 2.34. The molecule has 0 aliphatic carbocycles. The van der Waals surface area contributed by atoms with Crippen molar-refractivity contribution in [3.05, 3.63) is 33.1 Å². The van der Waals surface area contributed by atoms with Gasteiger partial charge in [0.2, 0.25) is 5.95 Å². The van der Waals surface area contributed by atoms with Crippen LogP contribution in [0.5, 0.6) is 0 Å². The molecular weight excluding hydrogens is 392 g/mol. The molecule has 0 radical (unpaired) electrons. The minimum Gasteiger partial charge on any atom is -0.342 e. The molecule has 1 fully saturated rings. The molecule has 1 aliphatic heterocycles. The number of alkyl halides is 3. The second-order valence-corrected chi connectivity index (χ2v) is 8.24. The van der Waals surface area contributed by atoms with Crippen molar-refractivity contribution in [1.29, 1.82) is 0 Å². The van der Waals surface area contributed by atoms with E-state index in [0.29, 0.717) is 16.9 Å². The fourth-order valence-corrected chi connectivity index (χ4v) is 4.02. The fraction of sp³-hybridized carbons (Fsp3) is 0.556. The molecule has 136 valence electrons. The predicted molar refractivity (Wildman–Crippen MR) is 100 cm³/mol. The van der Waals surface area contributed by atoms with Crippen LogP contribution >= 0.6 is 15.9 Å². The summed E-state index contributed by atoms with van der Waals surface area (Å²) in [5, 5.41) is 0.568. The van der Waals surface area contributed by atoms with Crippen molar-refractivity contribution in [3.63, 3.8) is 0 Å². The normalized spacial score (nSPS) is 18.6. The first-order valence-electron chi connectivity index (χ1n) is 8.40. The van der Waals surface area contributed by atoms with Gasteiger partial charge in [0.1, 0.15) is 0 Å². The van der Waals surface area contributed by atoms with E-state index in [1.165, 1.54) is 4.57 Å². The highest BCUT2D eigenvalue weighted by atomic mass is 79.9. The minimum absolute atomic E-state index is 0.0352. The summed E-state index contributed by atoms with van der Waals surface area (Å²) in [4.78, 5) is 19.5.